The van der Waals surface area contributed by atoms with Crippen LogP contribution in [0, 0.1) is 56.2 Å². The van der Waals surface area contributed by atoms with Gasteiger partial charge in [0.1, 0.15) is 12.4 Å². The summed E-state index contributed by atoms with van der Waals surface area (Å²) in [5, 5.41) is 0. The van der Waals surface area contributed by atoms with Crippen molar-refractivity contribution in [1.82, 2.24) is 0 Å². The van der Waals surface area contributed by atoms with Crippen molar-refractivity contribution in [3.63, 3.8) is 0 Å². The van der Waals surface area contributed by atoms with Crippen LogP contribution in [-0.2, 0) is 14.3 Å². The van der Waals surface area contributed by atoms with Crippen molar-refractivity contribution < 1.29 is 14.3 Å². The zero-order valence-electron chi connectivity index (χ0n) is 24.0. The van der Waals surface area contributed by atoms with Gasteiger partial charge in [0.05, 0.1) is 0 Å². The maximum Gasteiger partial charge on any atom is 0.302 e. The second-order valence-electron chi connectivity index (χ2n) is 15.8. The van der Waals surface area contributed by atoms with E-state index in [9.17, 15) is 9.59 Å². The van der Waals surface area contributed by atoms with Crippen molar-refractivity contribution in [3.05, 3.63) is 0 Å². The van der Waals surface area contributed by atoms with Crippen molar-refractivity contribution in [2.75, 3.05) is 0 Å². The molecule has 5 saturated carbocycles. The second-order valence-corrected chi connectivity index (χ2v) is 15.8. The Morgan fingerprint density at radius 2 is 1.46 bits per heavy atom. The van der Waals surface area contributed by atoms with Gasteiger partial charge in [-0.15, -0.1) is 0 Å². The van der Waals surface area contributed by atoms with Gasteiger partial charge in [-0.1, -0.05) is 48.5 Å². The highest BCUT2D eigenvalue weighted by atomic mass is 16.5. The van der Waals surface area contributed by atoms with Crippen LogP contribution in [0.4, 0.5) is 0 Å². The van der Waals surface area contributed by atoms with Crippen molar-refractivity contribution in [2.24, 2.45) is 56.2 Å². The summed E-state index contributed by atoms with van der Waals surface area (Å²) < 4.78 is 5.82. The van der Waals surface area contributed by atoms with Crippen LogP contribution < -0.4 is 0 Å². The van der Waals surface area contributed by atoms with Gasteiger partial charge in [-0.05, 0) is 121 Å². The Balaban J connectivity index is 1.53. The van der Waals surface area contributed by atoms with Gasteiger partial charge in [-0.25, -0.2) is 0 Å². The lowest BCUT2D eigenvalue weighted by Gasteiger charge is -2.74. The van der Waals surface area contributed by atoms with Crippen LogP contribution in [0.1, 0.15) is 126 Å². The molecule has 5 aliphatic carbocycles. The zero-order chi connectivity index (χ0) is 25.7. The molecule has 0 saturated heterocycles. The smallest absolute Gasteiger partial charge is 0.302 e. The molecule has 198 valence electrons. The number of ether oxygens (including phenoxy) is 1. The lowest BCUT2D eigenvalue weighted by Crippen LogP contribution is -2.69. The summed E-state index contributed by atoms with van der Waals surface area (Å²) in [6.45, 7) is 19.0. The van der Waals surface area contributed by atoms with E-state index in [4.69, 9.17) is 4.74 Å². The minimum Gasteiger partial charge on any atom is -0.462 e. The first-order chi connectivity index (χ1) is 16.2. The van der Waals surface area contributed by atoms with Crippen molar-refractivity contribution >= 4 is 12.3 Å². The molecule has 0 aromatic rings. The van der Waals surface area contributed by atoms with E-state index in [2.05, 4.69) is 48.5 Å². The Labute approximate surface area is 214 Å². The number of esters is 1. The number of fused-ring (bicyclic) bond motifs is 7. The minimum atomic E-state index is -0.186. The van der Waals surface area contributed by atoms with Crippen LogP contribution in [0.15, 0.2) is 0 Å². The highest BCUT2D eigenvalue weighted by Crippen LogP contribution is 2.78. The highest BCUT2D eigenvalue weighted by molar-refractivity contribution is 5.66. The molecule has 5 rings (SSSR count). The van der Waals surface area contributed by atoms with Crippen LogP contribution in [0.3, 0.4) is 0 Å². The quantitative estimate of drug-likeness (QED) is 0.294. The molecule has 5 aliphatic rings. The lowest BCUT2D eigenvalue weighted by molar-refractivity contribution is -0.256. The van der Waals surface area contributed by atoms with Gasteiger partial charge >= 0.3 is 5.97 Å². The normalized spacial score (nSPS) is 54.9. The monoisotopic (exact) mass is 484 g/mol. The molecule has 0 N–H and O–H groups in total. The first-order valence-corrected chi connectivity index (χ1v) is 14.8. The first kappa shape index (κ1) is 25.8. The Morgan fingerprint density at radius 1 is 0.771 bits per heavy atom. The molecule has 10 unspecified atom stereocenters. The second kappa shape index (κ2) is 7.83. The van der Waals surface area contributed by atoms with E-state index < -0.39 is 0 Å². The molecule has 10 atom stereocenters. The molecule has 0 bridgehead atoms. The molecule has 5 fully saturated rings. The van der Waals surface area contributed by atoms with Gasteiger partial charge in [0.25, 0.3) is 0 Å². The summed E-state index contributed by atoms with van der Waals surface area (Å²) in [7, 11) is 0. The van der Waals surface area contributed by atoms with E-state index in [0.29, 0.717) is 34.5 Å². The number of carbonyl (C=O) groups is 2. The molecule has 0 aliphatic heterocycles. The number of rotatable bonds is 2. The summed E-state index contributed by atoms with van der Waals surface area (Å²) in [5.41, 5.74) is 1.07. The van der Waals surface area contributed by atoms with Gasteiger partial charge in [-0.3, -0.25) is 4.79 Å². The zero-order valence-corrected chi connectivity index (χ0v) is 24.0. The summed E-state index contributed by atoms with van der Waals surface area (Å²) in [6.07, 6.45) is 14.7. The summed E-state index contributed by atoms with van der Waals surface area (Å²) in [5.74, 6) is 1.97. The van der Waals surface area contributed by atoms with Gasteiger partial charge in [0, 0.05) is 12.3 Å². The summed E-state index contributed by atoms with van der Waals surface area (Å²) in [4.78, 5) is 25.3. The summed E-state index contributed by atoms with van der Waals surface area (Å²) >= 11 is 0. The predicted molar refractivity (Wildman–Crippen MR) is 141 cm³/mol. The molecule has 0 spiro atoms. The first-order valence-electron chi connectivity index (χ1n) is 14.8. The van der Waals surface area contributed by atoms with Crippen LogP contribution >= 0.6 is 0 Å². The Hall–Kier alpha value is -0.860. The average Bonchev–Trinajstić information content (AvgIpc) is 2.78. The maximum absolute atomic E-state index is 13.5. The largest absolute Gasteiger partial charge is 0.462 e. The molecule has 35 heavy (non-hydrogen) atoms. The van der Waals surface area contributed by atoms with Gasteiger partial charge in [-0.2, -0.15) is 0 Å². The Bertz CT molecular complexity index is 893. The predicted octanol–water partition coefficient (Wildman–Crippen LogP) is 8.00. The number of hydrogen-bond acceptors (Lipinski definition) is 3. The lowest BCUT2D eigenvalue weighted by atomic mass is 9.30. The van der Waals surface area contributed by atoms with Crippen LogP contribution in [-0.4, -0.2) is 18.4 Å². The fourth-order valence-corrected chi connectivity index (χ4v) is 11.6. The molecular formula is C32H52O3. The van der Waals surface area contributed by atoms with E-state index in [-0.39, 0.29) is 33.7 Å². The van der Waals surface area contributed by atoms with Crippen molar-refractivity contribution in [1.29, 1.82) is 0 Å². The fraction of sp³-hybridized carbons (Fsp3) is 0.938. The third kappa shape index (κ3) is 3.34. The topological polar surface area (TPSA) is 43.4 Å². The molecule has 0 amide bonds. The van der Waals surface area contributed by atoms with E-state index in [0.717, 1.165) is 32.1 Å². The Morgan fingerprint density at radius 3 is 2.11 bits per heavy atom. The van der Waals surface area contributed by atoms with Gasteiger partial charge < -0.3 is 9.53 Å². The Kier molecular flexibility index (Phi) is 5.76. The number of aldehydes is 1. The van der Waals surface area contributed by atoms with E-state index >= 15 is 0 Å². The average molecular weight is 485 g/mol. The summed E-state index contributed by atoms with van der Waals surface area (Å²) in [6, 6.07) is 0. The third-order valence-electron chi connectivity index (χ3n) is 13.9. The number of carbonyl (C=O) groups excluding carboxylic acids is 2. The van der Waals surface area contributed by atoms with Crippen LogP contribution in [0.25, 0.3) is 0 Å². The molecule has 3 nitrogen and oxygen atoms in total. The van der Waals surface area contributed by atoms with E-state index in [1.165, 1.54) is 44.8 Å². The maximum atomic E-state index is 13.5. The SMILES string of the molecule is CC(=O)OC1CCC2C(C)(CCC3C2(C)CCC2(C)C4CC(C)(C)CCC4(C)CCC32C=O)C1C. The molecule has 0 radical (unpaired) electrons. The van der Waals surface area contributed by atoms with E-state index in [1.807, 2.05) is 0 Å². The molecule has 0 aromatic carbocycles. The number of hydrogen-bond donors (Lipinski definition) is 0. The fourth-order valence-electron chi connectivity index (χ4n) is 11.6. The molecule has 0 aromatic heterocycles. The van der Waals surface area contributed by atoms with Crippen LogP contribution in [0.2, 0.25) is 0 Å². The van der Waals surface area contributed by atoms with Gasteiger partial charge in [0.15, 0.2) is 0 Å². The standard InChI is InChI=1S/C32H52O3/c1-21-23(35-22(2)34)9-10-24-29(21,6)12-11-25-30(24,7)16-17-31(8)26-19-27(3,4)13-14-28(26,5)15-18-32(25,31)20-33/h20-21,23-26H,9-19H2,1-8H3. The van der Waals surface area contributed by atoms with Crippen LogP contribution in [0.5, 0.6) is 0 Å². The van der Waals surface area contributed by atoms with Crippen molar-refractivity contribution in [2.45, 2.75) is 132 Å². The van der Waals surface area contributed by atoms with E-state index in [1.54, 1.807) is 6.92 Å². The van der Waals surface area contributed by atoms with Gasteiger partial charge in [0.2, 0.25) is 0 Å². The molecule has 0 heterocycles. The minimum absolute atomic E-state index is 0.0441. The van der Waals surface area contributed by atoms with Crippen molar-refractivity contribution in [3.8, 4) is 0 Å². The highest BCUT2D eigenvalue weighted by Gasteiger charge is 2.72. The molecular weight excluding hydrogens is 432 g/mol. The molecule has 3 heteroatoms. The third-order valence-corrected chi connectivity index (χ3v) is 13.9.